The van der Waals surface area contributed by atoms with Crippen molar-refractivity contribution in [3.05, 3.63) is 30.5 Å². The first-order valence-corrected chi connectivity index (χ1v) is 5.99. The highest BCUT2D eigenvalue weighted by Crippen LogP contribution is 2.28. The minimum atomic E-state index is 0.395. The first-order valence-electron chi connectivity index (χ1n) is 5.99. The molecule has 1 heterocycles. The number of aromatic nitrogens is 1. The number of fused-ring (bicyclic) bond motifs is 1. The zero-order chi connectivity index (χ0) is 12.4. The molecule has 0 aliphatic rings. The lowest BCUT2D eigenvalue weighted by Crippen LogP contribution is -2.22. The number of rotatable bonds is 3. The summed E-state index contributed by atoms with van der Waals surface area (Å²) >= 11 is 0. The van der Waals surface area contributed by atoms with E-state index in [0.29, 0.717) is 12.0 Å². The molecule has 17 heavy (non-hydrogen) atoms. The molecule has 1 atom stereocenters. The summed E-state index contributed by atoms with van der Waals surface area (Å²) in [5.41, 5.74) is 8.88. The van der Waals surface area contributed by atoms with Crippen LogP contribution in [0.3, 0.4) is 0 Å². The number of benzene rings is 1. The second kappa shape index (κ2) is 4.62. The average molecular weight is 229 g/mol. The maximum atomic E-state index is 6.16. The molecule has 3 heteroatoms. The normalized spacial score (nSPS) is 12.9. The summed E-state index contributed by atoms with van der Waals surface area (Å²) < 4.78 is 0. The predicted molar refractivity (Wildman–Crippen MR) is 74.1 cm³/mol. The quantitative estimate of drug-likeness (QED) is 0.794. The highest BCUT2D eigenvalue weighted by Gasteiger charge is 2.10. The third-order valence-electron chi connectivity index (χ3n) is 3.21. The van der Waals surface area contributed by atoms with Gasteiger partial charge < -0.3 is 11.1 Å². The standard InChI is InChI=1S/C14H19N3/c1-9(2)10(3)17-13-7-6-12-11(14(13)15)5-4-8-16-12/h4-10,17H,15H2,1-3H3. The Morgan fingerprint density at radius 2 is 1.94 bits per heavy atom. The van der Waals surface area contributed by atoms with E-state index in [-0.39, 0.29) is 0 Å². The Morgan fingerprint density at radius 1 is 1.18 bits per heavy atom. The fraction of sp³-hybridized carbons (Fsp3) is 0.357. The molecule has 0 spiro atoms. The fourth-order valence-electron chi connectivity index (χ4n) is 1.71. The van der Waals surface area contributed by atoms with Crippen LogP contribution in [0.25, 0.3) is 10.9 Å². The van der Waals surface area contributed by atoms with Crippen LogP contribution in [0.15, 0.2) is 30.5 Å². The number of nitrogens with one attached hydrogen (secondary N) is 1. The van der Waals surface area contributed by atoms with Crippen molar-refractivity contribution in [3.8, 4) is 0 Å². The summed E-state index contributed by atoms with van der Waals surface area (Å²) in [5.74, 6) is 0.569. The van der Waals surface area contributed by atoms with Crippen molar-refractivity contribution in [1.82, 2.24) is 4.98 Å². The highest BCUT2D eigenvalue weighted by molar-refractivity contribution is 5.96. The molecular formula is C14H19N3. The van der Waals surface area contributed by atoms with Gasteiger partial charge in [-0.1, -0.05) is 13.8 Å². The van der Waals surface area contributed by atoms with Crippen molar-refractivity contribution in [2.24, 2.45) is 5.92 Å². The second-order valence-electron chi connectivity index (χ2n) is 4.77. The molecule has 0 amide bonds. The fourth-order valence-corrected chi connectivity index (χ4v) is 1.71. The summed E-state index contributed by atoms with van der Waals surface area (Å²) in [5, 5.41) is 4.46. The van der Waals surface area contributed by atoms with Gasteiger partial charge >= 0.3 is 0 Å². The molecule has 3 N–H and O–H groups in total. The van der Waals surface area contributed by atoms with Crippen molar-refractivity contribution in [2.45, 2.75) is 26.8 Å². The van der Waals surface area contributed by atoms with Crippen LogP contribution < -0.4 is 11.1 Å². The maximum absolute atomic E-state index is 6.16. The molecule has 3 nitrogen and oxygen atoms in total. The zero-order valence-corrected chi connectivity index (χ0v) is 10.6. The summed E-state index contributed by atoms with van der Waals surface area (Å²) in [4.78, 5) is 4.29. The second-order valence-corrected chi connectivity index (χ2v) is 4.77. The van der Waals surface area contributed by atoms with Gasteiger partial charge in [-0.05, 0) is 37.1 Å². The third kappa shape index (κ3) is 2.33. The number of pyridine rings is 1. The van der Waals surface area contributed by atoms with Crippen molar-refractivity contribution >= 4 is 22.3 Å². The first-order chi connectivity index (χ1) is 8.09. The lowest BCUT2D eigenvalue weighted by Gasteiger charge is -2.20. The van der Waals surface area contributed by atoms with Gasteiger partial charge in [0.05, 0.1) is 16.9 Å². The minimum absolute atomic E-state index is 0.395. The van der Waals surface area contributed by atoms with Crippen molar-refractivity contribution in [3.63, 3.8) is 0 Å². The molecule has 2 aromatic rings. The van der Waals surface area contributed by atoms with Gasteiger partial charge in [0, 0.05) is 17.6 Å². The Labute approximate surface area is 102 Å². The monoisotopic (exact) mass is 229 g/mol. The van der Waals surface area contributed by atoms with Gasteiger partial charge in [-0.15, -0.1) is 0 Å². The van der Waals surface area contributed by atoms with Gasteiger partial charge in [-0.2, -0.15) is 0 Å². The summed E-state index contributed by atoms with van der Waals surface area (Å²) in [6.45, 7) is 6.55. The van der Waals surface area contributed by atoms with Crippen LogP contribution in [-0.4, -0.2) is 11.0 Å². The highest BCUT2D eigenvalue weighted by atomic mass is 14.9. The molecule has 0 saturated heterocycles. The van der Waals surface area contributed by atoms with E-state index >= 15 is 0 Å². The van der Waals surface area contributed by atoms with Gasteiger partial charge in [0.15, 0.2) is 0 Å². The molecule has 2 rings (SSSR count). The van der Waals surface area contributed by atoms with E-state index < -0.39 is 0 Å². The first kappa shape index (κ1) is 11.7. The molecule has 1 aromatic carbocycles. The number of nitrogens with zero attached hydrogens (tertiary/aromatic N) is 1. The minimum Gasteiger partial charge on any atom is -0.397 e. The van der Waals surface area contributed by atoms with Gasteiger partial charge in [-0.3, -0.25) is 4.98 Å². The van der Waals surface area contributed by atoms with Crippen molar-refractivity contribution in [2.75, 3.05) is 11.1 Å². The Balaban J connectivity index is 2.39. The van der Waals surface area contributed by atoms with E-state index in [2.05, 4.69) is 31.1 Å². The van der Waals surface area contributed by atoms with E-state index in [1.165, 1.54) is 0 Å². The molecule has 0 radical (unpaired) electrons. The van der Waals surface area contributed by atoms with E-state index in [0.717, 1.165) is 22.3 Å². The number of nitrogens with two attached hydrogens (primary N) is 1. The molecule has 0 aliphatic heterocycles. The van der Waals surface area contributed by atoms with Gasteiger partial charge in [0.2, 0.25) is 0 Å². The van der Waals surface area contributed by atoms with Crippen LogP contribution in [0, 0.1) is 5.92 Å². The van der Waals surface area contributed by atoms with Crippen LogP contribution in [-0.2, 0) is 0 Å². The van der Waals surface area contributed by atoms with E-state index in [4.69, 9.17) is 5.73 Å². The molecule has 0 aliphatic carbocycles. The molecule has 0 saturated carbocycles. The maximum Gasteiger partial charge on any atom is 0.0724 e. The van der Waals surface area contributed by atoms with Gasteiger partial charge in [0.1, 0.15) is 0 Å². The van der Waals surface area contributed by atoms with E-state index in [9.17, 15) is 0 Å². The van der Waals surface area contributed by atoms with Crippen molar-refractivity contribution in [1.29, 1.82) is 0 Å². The summed E-state index contributed by atoms with van der Waals surface area (Å²) in [7, 11) is 0. The molecule has 1 aromatic heterocycles. The van der Waals surface area contributed by atoms with E-state index in [1.54, 1.807) is 6.20 Å². The molecule has 0 bridgehead atoms. The Hall–Kier alpha value is -1.77. The van der Waals surface area contributed by atoms with Gasteiger partial charge in [-0.25, -0.2) is 0 Å². The zero-order valence-electron chi connectivity index (χ0n) is 10.6. The number of nitrogen functional groups attached to an aromatic ring is 1. The van der Waals surface area contributed by atoms with E-state index in [1.807, 2.05) is 24.3 Å². The van der Waals surface area contributed by atoms with Crippen LogP contribution in [0.1, 0.15) is 20.8 Å². The molecular weight excluding hydrogens is 210 g/mol. The third-order valence-corrected chi connectivity index (χ3v) is 3.21. The summed E-state index contributed by atoms with van der Waals surface area (Å²) in [6.07, 6.45) is 1.78. The van der Waals surface area contributed by atoms with Crippen LogP contribution in [0.4, 0.5) is 11.4 Å². The van der Waals surface area contributed by atoms with Crippen LogP contribution in [0.5, 0.6) is 0 Å². The predicted octanol–water partition coefficient (Wildman–Crippen LogP) is 3.27. The van der Waals surface area contributed by atoms with Crippen LogP contribution in [0.2, 0.25) is 0 Å². The summed E-state index contributed by atoms with van der Waals surface area (Å²) in [6, 6.07) is 8.31. The largest absolute Gasteiger partial charge is 0.397 e. The molecule has 1 unspecified atom stereocenters. The van der Waals surface area contributed by atoms with Gasteiger partial charge in [0.25, 0.3) is 0 Å². The SMILES string of the molecule is CC(C)C(C)Nc1ccc2ncccc2c1N. The smallest absolute Gasteiger partial charge is 0.0724 e. The Kier molecular flexibility index (Phi) is 3.18. The number of anilines is 2. The van der Waals surface area contributed by atoms with Crippen molar-refractivity contribution < 1.29 is 0 Å². The topological polar surface area (TPSA) is 50.9 Å². The molecule has 0 fully saturated rings. The lowest BCUT2D eigenvalue weighted by atomic mass is 10.1. The lowest BCUT2D eigenvalue weighted by molar-refractivity contribution is 0.560. The van der Waals surface area contributed by atoms with Crippen LogP contribution >= 0.6 is 0 Å². The Morgan fingerprint density at radius 3 is 2.65 bits per heavy atom. The Bertz CT molecular complexity index is 520. The molecule has 90 valence electrons. The number of hydrogen-bond donors (Lipinski definition) is 2. The number of hydrogen-bond acceptors (Lipinski definition) is 3. The average Bonchev–Trinajstić information content (AvgIpc) is 2.33.